The molecule has 1 fully saturated rings. The zero-order chi connectivity index (χ0) is 12.8. The molecule has 3 heteroatoms. The smallest absolute Gasteiger partial charge is 0.122 e. The molecule has 0 atom stereocenters. The van der Waals surface area contributed by atoms with E-state index in [1.165, 1.54) is 11.1 Å². The predicted octanol–water partition coefficient (Wildman–Crippen LogP) is 3.27. The molecule has 18 heavy (non-hydrogen) atoms. The second kappa shape index (κ2) is 7.05. The number of rotatable bonds is 5. The third-order valence-corrected chi connectivity index (χ3v) is 3.64. The Bertz CT molecular complexity index is 373. The Labute approximate surface area is 115 Å². The molecule has 1 heterocycles. The average Bonchev–Trinajstić information content (AvgIpc) is 2.40. The van der Waals surface area contributed by atoms with Crippen LogP contribution in [0.4, 0.5) is 0 Å². The van der Waals surface area contributed by atoms with Crippen LogP contribution in [0.5, 0.6) is 5.75 Å². The first kappa shape index (κ1) is 13.8. The van der Waals surface area contributed by atoms with E-state index in [1.807, 2.05) is 0 Å². The van der Waals surface area contributed by atoms with Gasteiger partial charge in [-0.3, -0.25) is 0 Å². The molecule has 1 aromatic carbocycles. The lowest BCUT2D eigenvalue weighted by molar-refractivity contribution is 0.0496. The van der Waals surface area contributed by atoms with E-state index in [0.717, 1.165) is 50.6 Å². The van der Waals surface area contributed by atoms with Crippen molar-refractivity contribution in [2.24, 2.45) is 5.92 Å². The number of hydrogen-bond donors (Lipinski definition) is 1. The van der Waals surface area contributed by atoms with E-state index >= 15 is 0 Å². The van der Waals surface area contributed by atoms with Crippen LogP contribution in [0.2, 0.25) is 0 Å². The maximum absolute atomic E-state index is 6.02. The maximum atomic E-state index is 6.02. The van der Waals surface area contributed by atoms with Gasteiger partial charge in [-0.1, -0.05) is 12.1 Å². The van der Waals surface area contributed by atoms with Gasteiger partial charge in [0, 0.05) is 13.2 Å². The molecule has 0 N–H and O–H groups in total. The fraction of sp³-hybridized carbons (Fsp3) is 0.600. The molecular weight excluding hydrogens is 244 g/mol. The summed E-state index contributed by atoms with van der Waals surface area (Å²) in [7, 11) is 0. The zero-order valence-electron chi connectivity index (χ0n) is 11.0. The Morgan fingerprint density at radius 2 is 2.11 bits per heavy atom. The van der Waals surface area contributed by atoms with Gasteiger partial charge in [0.15, 0.2) is 0 Å². The van der Waals surface area contributed by atoms with E-state index in [1.54, 1.807) is 0 Å². The number of hydrogen-bond acceptors (Lipinski definition) is 3. The molecule has 0 aromatic heterocycles. The zero-order valence-corrected chi connectivity index (χ0v) is 11.9. The fourth-order valence-electron chi connectivity index (χ4n) is 2.24. The first-order chi connectivity index (χ1) is 8.79. The third-order valence-electron chi connectivity index (χ3n) is 3.42. The summed E-state index contributed by atoms with van der Waals surface area (Å²) in [6.45, 7) is 4.68. The normalized spacial score (nSPS) is 16.8. The SMILES string of the molecule is Cc1ccc(CCS)c(OCC2CCOCC2)c1. The minimum Gasteiger partial charge on any atom is -0.493 e. The first-order valence-corrected chi connectivity index (χ1v) is 7.34. The molecule has 2 rings (SSSR count). The summed E-state index contributed by atoms with van der Waals surface area (Å²) in [4.78, 5) is 0. The quantitative estimate of drug-likeness (QED) is 0.825. The van der Waals surface area contributed by atoms with Crippen molar-refractivity contribution in [1.29, 1.82) is 0 Å². The van der Waals surface area contributed by atoms with Gasteiger partial charge < -0.3 is 9.47 Å². The Balaban J connectivity index is 1.95. The van der Waals surface area contributed by atoms with Gasteiger partial charge in [-0.15, -0.1) is 0 Å². The highest BCUT2D eigenvalue weighted by atomic mass is 32.1. The second-order valence-corrected chi connectivity index (χ2v) is 5.40. The molecule has 0 amide bonds. The predicted molar refractivity (Wildman–Crippen MR) is 77.8 cm³/mol. The van der Waals surface area contributed by atoms with Crippen molar-refractivity contribution in [1.82, 2.24) is 0 Å². The van der Waals surface area contributed by atoms with Gasteiger partial charge in [-0.2, -0.15) is 12.6 Å². The molecule has 1 aliphatic heterocycles. The molecule has 1 aromatic rings. The van der Waals surface area contributed by atoms with Crippen LogP contribution >= 0.6 is 12.6 Å². The molecule has 0 unspecified atom stereocenters. The number of ether oxygens (including phenoxy) is 2. The molecule has 1 aliphatic rings. The van der Waals surface area contributed by atoms with E-state index in [-0.39, 0.29) is 0 Å². The summed E-state index contributed by atoms with van der Waals surface area (Å²) >= 11 is 4.30. The van der Waals surface area contributed by atoms with E-state index in [9.17, 15) is 0 Å². The standard InChI is InChI=1S/C15H22O2S/c1-12-2-3-14(6-9-18)15(10-12)17-11-13-4-7-16-8-5-13/h2-3,10,13,18H,4-9,11H2,1H3. The van der Waals surface area contributed by atoms with Gasteiger partial charge in [-0.25, -0.2) is 0 Å². The summed E-state index contributed by atoms with van der Waals surface area (Å²) in [5.41, 5.74) is 2.52. The summed E-state index contributed by atoms with van der Waals surface area (Å²) < 4.78 is 11.4. The van der Waals surface area contributed by atoms with Crippen molar-refractivity contribution in [2.45, 2.75) is 26.2 Å². The lowest BCUT2D eigenvalue weighted by Gasteiger charge is -2.23. The maximum Gasteiger partial charge on any atom is 0.122 e. The van der Waals surface area contributed by atoms with Gasteiger partial charge in [0.25, 0.3) is 0 Å². The van der Waals surface area contributed by atoms with Crippen LogP contribution in [-0.4, -0.2) is 25.6 Å². The summed E-state index contributed by atoms with van der Waals surface area (Å²) in [6, 6.07) is 6.43. The summed E-state index contributed by atoms with van der Waals surface area (Å²) in [5, 5.41) is 0. The molecule has 0 radical (unpaired) electrons. The highest BCUT2D eigenvalue weighted by Gasteiger charge is 2.15. The molecule has 100 valence electrons. The largest absolute Gasteiger partial charge is 0.493 e. The van der Waals surface area contributed by atoms with Gasteiger partial charge in [0.2, 0.25) is 0 Å². The van der Waals surface area contributed by atoms with Crippen LogP contribution in [0.25, 0.3) is 0 Å². The van der Waals surface area contributed by atoms with Crippen LogP contribution in [-0.2, 0) is 11.2 Å². The second-order valence-electron chi connectivity index (χ2n) is 4.95. The highest BCUT2D eigenvalue weighted by molar-refractivity contribution is 7.80. The topological polar surface area (TPSA) is 18.5 Å². The minimum atomic E-state index is 0.642. The number of benzene rings is 1. The van der Waals surface area contributed by atoms with Gasteiger partial charge >= 0.3 is 0 Å². The average molecular weight is 266 g/mol. The molecule has 0 saturated carbocycles. The Hall–Kier alpha value is -0.670. The lowest BCUT2D eigenvalue weighted by atomic mass is 10.0. The van der Waals surface area contributed by atoms with E-state index < -0.39 is 0 Å². The van der Waals surface area contributed by atoms with Crippen molar-refractivity contribution in [2.75, 3.05) is 25.6 Å². The van der Waals surface area contributed by atoms with Crippen molar-refractivity contribution >= 4 is 12.6 Å². The summed E-state index contributed by atoms with van der Waals surface area (Å²) in [5.74, 6) is 2.54. The highest BCUT2D eigenvalue weighted by Crippen LogP contribution is 2.23. The number of aryl methyl sites for hydroxylation is 2. The van der Waals surface area contributed by atoms with Crippen molar-refractivity contribution in [3.05, 3.63) is 29.3 Å². The lowest BCUT2D eigenvalue weighted by Crippen LogP contribution is -2.21. The van der Waals surface area contributed by atoms with Crippen LogP contribution in [0.3, 0.4) is 0 Å². The molecule has 2 nitrogen and oxygen atoms in total. The van der Waals surface area contributed by atoms with Crippen molar-refractivity contribution in [3.63, 3.8) is 0 Å². The fourth-order valence-corrected chi connectivity index (χ4v) is 2.48. The molecular formula is C15H22O2S. The van der Waals surface area contributed by atoms with E-state index in [2.05, 4.69) is 37.8 Å². The molecule has 0 bridgehead atoms. The molecule has 0 spiro atoms. The first-order valence-electron chi connectivity index (χ1n) is 6.70. The molecule has 1 saturated heterocycles. The van der Waals surface area contributed by atoms with Crippen LogP contribution in [0.15, 0.2) is 18.2 Å². The number of thiol groups is 1. The summed E-state index contributed by atoms with van der Waals surface area (Å²) in [6.07, 6.45) is 3.20. The van der Waals surface area contributed by atoms with Crippen molar-refractivity contribution < 1.29 is 9.47 Å². The molecule has 0 aliphatic carbocycles. The van der Waals surface area contributed by atoms with Crippen LogP contribution in [0.1, 0.15) is 24.0 Å². The van der Waals surface area contributed by atoms with Crippen LogP contribution in [0, 0.1) is 12.8 Å². The Morgan fingerprint density at radius 1 is 1.33 bits per heavy atom. The Kier molecular flexibility index (Phi) is 5.39. The Morgan fingerprint density at radius 3 is 2.83 bits per heavy atom. The third kappa shape index (κ3) is 3.92. The van der Waals surface area contributed by atoms with Crippen molar-refractivity contribution in [3.8, 4) is 5.75 Å². The van der Waals surface area contributed by atoms with E-state index in [4.69, 9.17) is 9.47 Å². The minimum absolute atomic E-state index is 0.642. The monoisotopic (exact) mass is 266 g/mol. The van der Waals surface area contributed by atoms with Gasteiger partial charge in [0.05, 0.1) is 6.61 Å². The van der Waals surface area contributed by atoms with Gasteiger partial charge in [-0.05, 0) is 55.1 Å². The van der Waals surface area contributed by atoms with E-state index in [0.29, 0.717) is 5.92 Å². The van der Waals surface area contributed by atoms with Crippen LogP contribution < -0.4 is 4.74 Å². The van der Waals surface area contributed by atoms with Gasteiger partial charge in [0.1, 0.15) is 5.75 Å².